The molecule has 0 spiro atoms. The predicted molar refractivity (Wildman–Crippen MR) is 73.5 cm³/mol. The summed E-state index contributed by atoms with van der Waals surface area (Å²) in [7, 11) is 0. The highest BCUT2D eigenvalue weighted by atomic mass is 32.2. The molecule has 0 radical (unpaired) electrons. The molecule has 2 aliphatic heterocycles. The van der Waals surface area contributed by atoms with E-state index in [1.807, 2.05) is 23.7 Å². The van der Waals surface area contributed by atoms with Gasteiger partial charge in [0.25, 0.3) is 0 Å². The smallest absolute Gasteiger partial charge is 0.133 e. The van der Waals surface area contributed by atoms with E-state index in [9.17, 15) is 4.91 Å². The van der Waals surface area contributed by atoms with Crippen molar-refractivity contribution in [1.29, 1.82) is 0 Å². The molecule has 0 aromatic heterocycles. The normalized spacial score (nSPS) is 18.1. The molecule has 0 bridgehead atoms. The van der Waals surface area contributed by atoms with Gasteiger partial charge in [-0.05, 0) is 22.7 Å². The maximum absolute atomic E-state index is 11.0. The number of nitroso groups, excluding NO2 is 1. The number of thioether (sulfide) groups is 1. The number of fused-ring (bicyclic) bond motifs is 1. The number of morpholine rings is 1. The molecule has 94 valence electrons. The van der Waals surface area contributed by atoms with Crippen LogP contribution in [0.2, 0.25) is 0 Å². The van der Waals surface area contributed by atoms with Crippen molar-refractivity contribution >= 4 is 28.8 Å². The summed E-state index contributed by atoms with van der Waals surface area (Å²) in [6.07, 6.45) is 1.86. The summed E-state index contributed by atoms with van der Waals surface area (Å²) < 4.78 is 5.33. The first-order chi connectivity index (χ1) is 8.88. The summed E-state index contributed by atoms with van der Waals surface area (Å²) in [5.41, 5.74) is 2.32. The maximum Gasteiger partial charge on any atom is 0.133 e. The number of hydrogen-bond acceptors (Lipinski definition) is 6. The molecule has 0 unspecified atom stereocenters. The van der Waals surface area contributed by atoms with Gasteiger partial charge in [0.15, 0.2) is 0 Å². The lowest BCUT2D eigenvalue weighted by atomic mass is 10.2. The number of ether oxygens (including phenoxy) is 1. The fourth-order valence-electron chi connectivity index (χ4n) is 2.13. The van der Waals surface area contributed by atoms with Gasteiger partial charge in [-0.15, -0.1) is 4.91 Å². The average Bonchev–Trinajstić information content (AvgIpc) is 2.46. The molecule has 1 fully saturated rings. The molecule has 6 heteroatoms. The summed E-state index contributed by atoms with van der Waals surface area (Å²) in [5.74, 6) is 0. The summed E-state index contributed by atoms with van der Waals surface area (Å²) in [6.45, 7) is 2.99. The minimum atomic E-state index is 0.485. The number of nitrogens with zero attached hydrogens (tertiary/aromatic N) is 2. The van der Waals surface area contributed by atoms with Gasteiger partial charge < -0.3 is 15.0 Å². The third-order valence-electron chi connectivity index (χ3n) is 3.03. The van der Waals surface area contributed by atoms with Gasteiger partial charge in [-0.3, -0.25) is 0 Å². The number of nitrogens with one attached hydrogen (secondary N) is 1. The summed E-state index contributed by atoms with van der Waals surface area (Å²) in [4.78, 5) is 14.3. The van der Waals surface area contributed by atoms with Gasteiger partial charge in [0.2, 0.25) is 0 Å². The minimum absolute atomic E-state index is 0.485. The van der Waals surface area contributed by atoms with Crippen LogP contribution in [0.25, 0.3) is 0 Å². The lowest BCUT2D eigenvalue weighted by molar-refractivity contribution is 0.122. The Kier molecular flexibility index (Phi) is 3.21. The minimum Gasteiger partial charge on any atom is -0.378 e. The van der Waals surface area contributed by atoms with Crippen LogP contribution in [0.5, 0.6) is 0 Å². The van der Waals surface area contributed by atoms with E-state index in [4.69, 9.17) is 4.74 Å². The van der Waals surface area contributed by atoms with Gasteiger partial charge in [-0.2, -0.15) is 0 Å². The van der Waals surface area contributed by atoms with Crippen molar-refractivity contribution in [3.05, 3.63) is 28.6 Å². The van der Waals surface area contributed by atoms with Crippen LogP contribution in [0.3, 0.4) is 0 Å². The Morgan fingerprint density at radius 3 is 2.94 bits per heavy atom. The van der Waals surface area contributed by atoms with Crippen molar-refractivity contribution in [2.24, 2.45) is 5.18 Å². The van der Waals surface area contributed by atoms with Gasteiger partial charge in [-0.1, -0.05) is 11.8 Å². The van der Waals surface area contributed by atoms with E-state index >= 15 is 0 Å². The van der Waals surface area contributed by atoms with Crippen LogP contribution in [0.1, 0.15) is 0 Å². The maximum atomic E-state index is 11.0. The van der Waals surface area contributed by atoms with Crippen LogP contribution in [-0.2, 0) is 4.74 Å². The Hall–Kier alpha value is -1.53. The van der Waals surface area contributed by atoms with Crippen LogP contribution in [0, 0.1) is 4.91 Å². The fourth-order valence-corrected chi connectivity index (χ4v) is 2.84. The second kappa shape index (κ2) is 4.99. The monoisotopic (exact) mass is 263 g/mol. The highest BCUT2D eigenvalue weighted by molar-refractivity contribution is 8.02. The van der Waals surface area contributed by atoms with Crippen molar-refractivity contribution in [3.63, 3.8) is 0 Å². The van der Waals surface area contributed by atoms with Crippen molar-refractivity contribution in [1.82, 2.24) is 0 Å². The molecule has 18 heavy (non-hydrogen) atoms. The third-order valence-corrected chi connectivity index (χ3v) is 3.89. The first-order valence-corrected chi connectivity index (χ1v) is 6.69. The second-order valence-electron chi connectivity index (χ2n) is 4.09. The van der Waals surface area contributed by atoms with E-state index in [0.29, 0.717) is 18.9 Å². The SMILES string of the molecule is O=Nc1cc2c(cc1N1CCOCC1)SC=CN2. The zero-order valence-electron chi connectivity index (χ0n) is 9.76. The Balaban J connectivity index is 1.99. The van der Waals surface area contributed by atoms with E-state index < -0.39 is 0 Å². The Bertz CT molecular complexity index is 498. The zero-order chi connectivity index (χ0) is 12.4. The van der Waals surface area contributed by atoms with Crippen molar-refractivity contribution < 1.29 is 4.74 Å². The lowest BCUT2D eigenvalue weighted by Crippen LogP contribution is -2.36. The molecule has 0 amide bonds. The van der Waals surface area contributed by atoms with Crippen LogP contribution in [0.15, 0.2) is 33.8 Å². The summed E-state index contributed by atoms with van der Waals surface area (Å²) in [6, 6.07) is 3.84. The van der Waals surface area contributed by atoms with Crippen molar-refractivity contribution in [2.45, 2.75) is 4.90 Å². The third kappa shape index (κ3) is 2.09. The Morgan fingerprint density at radius 1 is 1.33 bits per heavy atom. The van der Waals surface area contributed by atoms with E-state index in [2.05, 4.69) is 15.4 Å². The van der Waals surface area contributed by atoms with Crippen LogP contribution in [0.4, 0.5) is 17.1 Å². The zero-order valence-corrected chi connectivity index (χ0v) is 10.6. The molecular formula is C12H13N3O2S. The van der Waals surface area contributed by atoms with Crippen molar-refractivity contribution in [3.8, 4) is 0 Å². The first-order valence-electron chi connectivity index (χ1n) is 5.81. The quantitative estimate of drug-likeness (QED) is 0.831. The molecule has 1 saturated heterocycles. The van der Waals surface area contributed by atoms with E-state index in [1.54, 1.807) is 11.8 Å². The Labute approximate surface area is 109 Å². The van der Waals surface area contributed by atoms with E-state index in [1.165, 1.54) is 0 Å². The molecule has 5 nitrogen and oxygen atoms in total. The summed E-state index contributed by atoms with van der Waals surface area (Å²) in [5, 5.41) is 8.26. The second-order valence-corrected chi connectivity index (χ2v) is 5.04. The highest BCUT2D eigenvalue weighted by Gasteiger charge is 2.18. The number of hydrogen-bond donors (Lipinski definition) is 1. The molecule has 1 N–H and O–H groups in total. The summed E-state index contributed by atoms with van der Waals surface area (Å²) >= 11 is 1.64. The van der Waals surface area contributed by atoms with Gasteiger partial charge in [0.05, 0.1) is 24.6 Å². The lowest BCUT2D eigenvalue weighted by Gasteiger charge is -2.30. The first kappa shape index (κ1) is 11.6. The Morgan fingerprint density at radius 2 is 2.17 bits per heavy atom. The largest absolute Gasteiger partial charge is 0.378 e. The molecule has 1 aromatic carbocycles. The van der Waals surface area contributed by atoms with Crippen molar-refractivity contribution in [2.75, 3.05) is 36.5 Å². The standard InChI is InChI=1S/C12H13N3O2S/c16-14-9-7-10-12(18-6-1-13-10)8-11(9)15-2-4-17-5-3-15/h1,6-8,13H,2-5H2. The molecule has 2 heterocycles. The highest BCUT2D eigenvalue weighted by Crippen LogP contribution is 2.41. The van der Waals surface area contributed by atoms with Gasteiger partial charge >= 0.3 is 0 Å². The molecule has 1 aromatic rings. The molecular weight excluding hydrogens is 250 g/mol. The molecule has 0 saturated carbocycles. The van der Waals surface area contributed by atoms with Crippen LogP contribution >= 0.6 is 11.8 Å². The van der Waals surface area contributed by atoms with E-state index in [-0.39, 0.29) is 0 Å². The fraction of sp³-hybridized carbons (Fsp3) is 0.333. The number of anilines is 2. The van der Waals surface area contributed by atoms with Gasteiger partial charge in [0, 0.05) is 24.2 Å². The molecule has 0 aliphatic carbocycles. The van der Waals surface area contributed by atoms with Gasteiger partial charge in [-0.25, -0.2) is 0 Å². The number of benzene rings is 1. The molecule has 0 atom stereocenters. The van der Waals surface area contributed by atoms with Crippen LogP contribution in [-0.4, -0.2) is 26.3 Å². The molecule has 2 aliphatic rings. The number of rotatable bonds is 2. The predicted octanol–water partition coefficient (Wildman–Crippen LogP) is 2.91. The van der Waals surface area contributed by atoms with Crippen LogP contribution < -0.4 is 10.2 Å². The van der Waals surface area contributed by atoms with Gasteiger partial charge in [0.1, 0.15) is 5.69 Å². The topological polar surface area (TPSA) is 53.9 Å². The molecule has 3 rings (SSSR count). The van der Waals surface area contributed by atoms with E-state index in [0.717, 1.165) is 29.4 Å². The average molecular weight is 263 g/mol.